The van der Waals surface area contributed by atoms with Crippen LogP contribution < -0.4 is 0 Å². The van der Waals surface area contributed by atoms with E-state index in [0.717, 1.165) is 38.5 Å². The molecule has 1 atom stereocenters. The zero-order valence-corrected chi connectivity index (χ0v) is 16.8. The molecule has 0 radical (unpaired) electrons. The highest BCUT2D eigenvalue weighted by atomic mass is 16.5. The zero-order chi connectivity index (χ0) is 18.8. The van der Waals surface area contributed by atoms with Gasteiger partial charge < -0.3 is 9.47 Å². The van der Waals surface area contributed by atoms with Crippen molar-refractivity contribution in [3.8, 4) is 0 Å². The largest absolute Gasteiger partial charge is 0.469 e. The first-order chi connectivity index (χ1) is 12.1. The van der Waals surface area contributed by atoms with Gasteiger partial charge in [0.2, 0.25) is 0 Å². The molecule has 0 heterocycles. The Balaban J connectivity index is 3.59. The summed E-state index contributed by atoms with van der Waals surface area (Å²) in [7, 11) is 1.44. The first-order valence-corrected chi connectivity index (χ1v) is 10.3. The van der Waals surface area contributed by atoms with Crippen molar-refractivity contribution in [1.29, 1.82) is 0 Å². The van der Waals surface area contributed by atoms with Gasteiger partial charge in [0.05, 0.1) is 7.11 Å². The van der Waals surface area contributed by atoms with Crippen molar-refractivity contribution in [1.82, 2.24) is 0 Å². The lowest BCUT2D eigenvalue weighted by Gasteiger charge is -2.17. The lowest BCUT2D eigenvalue weighted by Crippen LogP contribution is -2.16. The summed E-state index contributed by atoms with van der Waals surface area (Å²) in [6.45, 7) is 3.74. The van der Waals surface area contributed by atoms with E-state index in [0.29, 0.717) is 6.42 Å². The molecule has 0 bridgehead atoms. The maximum atomic E-state index is 11.2. The van der Waals surface area contributed by atoms with Crippen molar-refractivity contribution in [2.75, 3.05) is 7.11 Å². The third-order valence-electron chi connectivity index (χ3n) is 4.60. The molecule has 0 fully saturated rings. The average molecular weight is 357 g/mol. The number of carbonyl (C=O) groups excluding carboxylic acids is 2. The molecule has 4 nitrogen and oxygen atoms in total. The summed E-state index contributed by atoms with van der Waals surface area (Å²) in [6.07, 6.45) is 16.9. The van der Waals surface area contributed by atoms with Gasteiger partial charge in [0.25, 0.3) is 0 Å². The number of carbonyl (C=O) groups is 2. The number of rotatable bonds is 17. The molecule has 4 heteroatoms. The van der Waals surface area contributed by atoms with Crippen molar-refractivity contribution in [3.05, 3.63) is 0 Å². The van der Waals surface area contributed by atoms with Crippen LogP contribution in [-0.4, -0.2) is 25.2 Å². The summed E-state index contributed by atoms with van der Waals surface area (Å²) in [5.41, 5.74) is 0. The number of esters is 2. The molecule has 0 saturated carbocycles. The molecule has 0 aliphatic rings. The van der Waals surface area contributed by atoms with E-state index in [1.165, 1.54) is 65.4 Å². The molecule has 1 unspecified atom stereocenters. The van der Waals surface area contributed by atoms with Crippen LogP contribution in [0.25, 0.3) is 0 Å². The van der Waals surface area contributed by atoms with Crippen molar-refractivity contribution in [2.45, 2.75) is 116 Å². The normalized spacial score (nSPS) is 12.0. The van der Waals surface area contributed by atoms with E-state index in [-0.39, 0.29) is 18.0 Å². The monoisotopic (exact) mass is 356 g/mol. The number of methoxy groups -OCH3 is 1. The summed E-state index contributed by atoms with van der Waals surface area (Å²) in [6, 6.07) is 0. The predicted molar refractivity (Wildman–Crippen MR) is 102 cm³/mol. The van der Waals surface area contributed by atoms with Gasteiger partial charge in [-0.25, -0.2) is 0 Å². The van der Waals surface area contributed by atoms with Crippen LogP contribution in [-0.2, 0) is 19.1 Å². The second-order valence-corrected chi connectivity index (χ2v) is 7.02. The quantitative estimate of drug-likeness (QED) is 0.238. The Bertz CT molecular complexity index is 328. The molecule has 25 heavy (non-hydrogen) atoms. The lowest BCUT2D eigenvalue weighted by atomic mass is 10.0. The minimum atomic E-state index is -0.149. The van der Waals surface area contributed by atoms with E-state index in [4.69, 9.17) is 4.74 Å². The Kier molecular flexibility index (Phi) is 17.0. The van der Waals surface area contributed by atoms with Crippen LogP contribution in [0.1, 0.15) is 110 Å². The van der Waals surface area contributed by atoms with Crippen molar-refractivity contribution >= 4 is 11.9 Å². The smallest absolute Gasteiger partial charge is 0.305 e. The van der Waals surface area contributed by atoms with Crippen LogP contribution in [0.5, 0.6) is 0 Å². The maximum Gasteiger partial charge on any atom is 0.305 e. The molecule has 0 N–H and O–H groups in total. The first-order valence-electron chi connectivity index (χ1n) is 10.3. The van der Waals surface area contributed by atoms with Gasteiger partial charge in [-0.05, 0) is 32.1 Å². The lowest BCUT2D eigenvalue weighted by molar-refractivity contribution is -0.147. The third-order valence-corrected chi connectivity index (χ3v) is 4.60. The van der Waals surface area contributed by atoms with Gasteiger partial charge in [0.1, 0.15) is 6.10 Å². The van der Waals surface area contributed by atoms with Crippen molar-refractivity contribution in [2.24, 2.45) is 0 Å². The number of hydrogen-bond donors (Lipinski definition) is 0. The average Bonchev–Trinajstić information content (AvgIpc) is 2.58. The van der Waals surface area contributed by atoms with Crippen LogP contribution in [0.2, 0.25) is 0 Å². The minimum absolute atomic E-state index is 0.105. The summed E-state index contributed by atoms with van der Waals surface area (Å²) in [5.74, 6) is -0.254. The summed E-state index contributed by atoms with van der Waals surface area (Å²) in [4.78, 5) is 22.2. The molecular formula is C21H40O4. The van der Waals surface area contributed by atoms with Gasteiger partial charge in [0.15, 0.2) is 0 Å². The topological polar surface area (TPSA) is 52.6 Å². The summed E-state index contributed by atoms with van der Waals surface area (Å²) < 4.78 is 10.1. The number of ether oxygens (including phenoxy) is 2. The molecule has 0 saturated heterocycles. The van der Waals surface area contributed by atoms with E-state index in [9.17, 15) is 9.59 Å². The standard InChI is InChI=1S/C21H40O4/c1-4-5-6-10-13-16-20(25-19(2)22)17-14-11-8-7-9-12-15-18-21(23)24-3/h20H,4-18H2,1-3H3. The fourth-order valence-electron chi connectivity index (χ4n) is 3.10. The summed E-state index contributed by atoms with van der Waals surface area (Å²) in [5, 5.41) is 0. The van der Waals surface area contributed by atoms with Gasteiger partial charge in [0, 0.05) is 13.3 Å². The highest BCUT2D eigenvalue weighted by Gasteiger charge is 2.11. The SMILES string of the molecule is CCCCCCCC(CCCCCCCCCC(=O)OC)OC(C)=O. The second kappa shape index (κ2) is 17.8. The molecule has 148 valence electrons. The molecule has 0 rings (SSSR count). The fourth-order valence-corrected chi connectivity index (χ4v) is 3.10. The van der Waals surface area contributed by atoms with Crippen LogP contribution in [0.3, 0.4) is 0 Å². The molecule has 0 spiro atoms. The Hall–Kier alpha value is -1.06. The molecule has 0 aliphatic carbocycles. The molecule has 0 aromatic rings. The highest BCUT2D eigenvalue weighted by Crippen LogP contribution is 2.17. The zero-order valence-electron chi connectivity index (χ0n) is 16.8. The van der Waals surface area contributed by atoms with Crippen molar-refractivity contribution < 1.29 is 19.1 Å². The molecule has 0 aliphatic heterocycles. The minimum Gasteiger partial charge on any atom is -0.469 e. The Morgan fingerprint density at radius 1 is 0.760 bits per heavy atom. The van der Waals surface area contributed by atoms with Crippen LogP contribution in [0.4, 0.5) is 0 Å². The van der Waals surface area contributed by atoms with E-state index in [2.05, 4.69) is 11.7 Å². The highest BCUT2D eigenvalue weighted by molar-refractivity contribution is 5.68. The van der Waals surface area contributed by atoms with Crippen LogP contribution in [0, 0.1) is 0 Å². The van der Waals surface area contributed by atoms with Gasteiger partial charge in [-0.15, -0.1) is 0 Å². The first kappa shape index (κ1) is 23.9. The van der Waals surface area contributed by atoms with E-state index >= 15 is 0 Å². The molecule has 0 aromatic heterocycles. The Morgan fingerprint density at radius 2 is 1.24 bits per heavy atom. The van der Waals surface area contributed by atoms with Crippen LogP contribution >= 0.6 is 0 Å². The molecule has 0 amide bonds. The van der Waals surface area contributed by atoms with Crippen molar-refractivity contribution in [3.63, 3.8) is 0 Å². The second-order valence-electron chi connectivity index (χ2n) is 7.02. The Labute approximate surface area is 155 Å². The summed E-state index contributed by atoms with van der Waals surface area (Å²) >= 11 is 0. The molecular weight excluding hydrogens is 316 g/mol. The van der Waals surface area contributed by atoms with E-state index in [1.54, 1.807) is 0 Å². The third kappa shape index (κ3) is 17.6. The van der Waals surface area contributed by atoms with Gasteiger partial charge in [-0.1, -0.05) is 64.7 Å². The predicted octanol–water partition coefficient (Wildman–Crippen LogP) is 5.96. The van der Waals surface area contributed by atoms with Gasteiger partial charge in [-0.3, -0.25) is 9.59 Å². The van der Waals surface area contributed by atoms with Crippen LogP contribution in [0.15, 0.2) is 0 Å². The number of unbranched alkanes of at least 4 members (excludes halogenated alkanes) is 10. The maximum absolute atomic E-state index is 11.2. The Morgan fingerprint density at radius 3 is 1.72 bits per heavy atom. The number of hydrogen-bond acceptors (Lipinski definition) is 4. The fraction of sp³-hybridized carbons (Fsp3) is 0.905. The molecule has 0 aromatic carbocycles. The van der Waals surface area contributed by atoms with E-state index in [1.807, 2.05) is 0 Å². The van der Waals surface area contributed by atoms with Gasteiger partial charge in [-0.2, -0.15) is 0 Å². The van der Waals surface area contributed by atoms with Gasteiger partial charge >= 0.3 is 11.9 Å². The van der Waals surface area contributed by atoms with E-state index < -0.39 is 0 Å².